The van der Waals surface area contributed by atoms with Crippen molar-refractivity contribution in [2.75, 3.05) is 19.6 Å². The van der Waals surface area contributed by atoms with Gasteiger partial charge in [0.2, 0.25) is 0 Å². The second kappa shape index (κ2) is 4.30. The first-order valence-corrected chi connectivity index (χ1v) is 6.98. The van der Waals surface area contributed by atoms with E-state index in [-0.39, 0.29) is 5.54 Å². The van der Waals surface area contributed by atoms with Gasteiger partial charge in [-0.2, -0.15) is 0 Å². The normalized spacial score (nSPS) is 29.1. The predicted molar refractivity (Wildman–Crippen MR) is 69.4 cm³/mol. The second-order valence-electron chi connectivity index (χ2n) is 6.63. The number of nitrogens with two attached hydrogens (primary N) is 1. The molecule has 2 heteroatoms. The SMILES string of the molecule is CC(C)C(C)(CN)N1CC2(CCCCC2)C1. The van der Waals surface area contributed by atoms with Crippen LogP contribution in [0.1, 0.15) is 52.9 Å². The lowest BCUT2D eigenvalue weighted by atomic mass is 9.66. The van der Waals surface area contributed by atoms with Crippen molar-refractivity contribution < 1.29 is 0 Å². The zero-order valence-electron chi connectivity index (χ0n) is 11.3. The molecule has 2 fully saturated rings. The van der Waals surface area contributed by atoms with Gasteiger partial charge in [-0.05, 0) is 31.1 Å². The molecule has 16 heavy (non-hydrogen) atoms. The van der Waals surface area contributed by atoms with Crippen LogP contribution in [0.5, 0.6) is 0 Å². The van der Waals surface area contributed by atoms with E-state index in [4.69, 9.17) is 5.73 Å². The topological polar surface area (TPSA) is 29.3 Å². The minimum Gasteiger partial charge on any atom is -0.329 e. The molecule has 1 saturated heterocycles. The fourth-order valence-corrected chi connectivity index (χ4v) is 3.47. The lowest BCUT2D eigenvalue weighted by Crippen LogP contribution is -2.68. The predicted octanol–water partition coefficient (Wildman–Crippen LogP) is 2.63. The summed E-state index contributed by atoms with van der Waals surface area (Å²) in [6, 6.07) is 0. The van der Waals surface area contributed by atoms with Crippen molar-refractivity contribution in [1.82, 2.24) is 4.90 Å². The van der Waals surface area contributed by atoms with E-state index in [1.165, 1.54) is 45.2 Å². The molecule has 2 N–H and O–H groups in total. The molecule has 1 atom stereocenters. The molecule has 0 aromatic rings. The quantitative estimate of drug-likeness (QED) is 0.798. The van der Waals surface area contributed by atoms with Gasteiger partial charge in [0.25, 0.3) is 0 Å². The Bertz CT molecular complexity index is 235. The van der Waals surface area contributed by atoms with Crippen molar-refractivity contribution in [1.29, 1.82) is 0 Å². The first-order valence-electron chi connectivity index (χ1n) is 6.98. The van der Waals surface area contributed by atoms with Gasteiger partial charge in [-0.15, -0.1) is 0 Å². The maximum atomic E-state index is 5.99. The Hall–Kier alpha value is -0.0800. The van der Waals surface area contributed by atoms with E-state index in [0.717, 1.165) is 6.54 Å². The van der Waals surface area contributed by atoms with Gasteiger partial charge < -0.3 is 5.73 Å². The van der Waals surface area contributed by atoms with Crippen LogP contribution in [-0.4, -0.2) is 30.1 Å². The highest BCUT2D eigenvalue weighted by Gasteiger charge is 2.49. The molecule has 2 aliphatic rings. The first kappa shape index (κ1) is 12.4. The van der Waals surface area contributed by atoms with Crippen molar-refractivity contribution in [2.45, 2.75) is 58.4 Å². The molecule has 94 valence electrons. The Morgan fingerprint density at radius 3 is 2.19 bits per heavy atom. The summed E-state index contributed by atoms with van der Waals surface area (Å²) in [5.41, 5.74) is 6.90. The van der Waals surface area contributed by atoms with E-state index in [9.17, 15) is 0 Å². The van der Waals surface area contributed by atoms with Crippen molar-refractivity contribution in [3.05, 3.63) is 0 Å². The molecule has 0 aromatic carbocycles. The fraction of sp³-hybridized carbons (Fsp3) is 1.00. The summed E-state index contributed by atoms with van der Waals surface area (Å²) >= 11 is 0. The van der Waals surface area contributed by atoms with Gasteiger partial charge in [-0.25, -0.2) is 0 Å². The zero-order chi connectivity index (χ0) is 11.8. The maximum absolute atomic E-state index is 5.99. The average molecular weight is 224 g/mol. The van der Waals surface area contributed by atoms with Gasteiger partial charge in [0, 0.05) is 25.2 Å². The van der Waals surface area contributed by atoms with Crippen molar-refractivity contribution in [3.63, 3.8) is 0 Å². The van der Waals surface area contributed by atoms with Gasteiger partial charge in [-0.3, -0.25) is 4.90 Å². The number of nitrogens with zero attached hydrogens (tertiary/aromatic N) is 1. The lowest BCUT2D eigenvalue weighted by molar-refractivity contribution is -0.102. The van der Waals surface area contributed by atoms with Gasteiger partial charge in [0.05, 0.1) is 0 Å². The Labute approximate surface area is 101 Å². The smallest absolute Gasteiger partial charge is 0.0326 e. The largest absolute Gasteiger partial charge is 0.329 e. The molecule has 1 aliphatic carbocycles. The number of likely N-dealkylation sites (tertiary alicyclic amines) is 1. The highest BCUT2D eigenvalue weighted by molar-refractivity contribution is 5.04. The molecule has 1 saturated carbocycles. The van der Waals surface area contributed by atoms with E-state index in [1.54, 1.807) is 0 Å². The van der Waals surface area contributed by atoms with Crippen LogP contribution in [0.4, 0.5) is 0 Å². The van der Waals surface area contributed by atoms with Crippen molar-refractivity contribution >= 4 is 0 Å². The Balaban J connectivity index is 1.95. The van der Waals surface area contributed by atoms with E-state index in [2.05, 4.69) is 25.7 Å². The van der Waals surface area contributed by atoms with E-state index >= 15 is 0 Å². The van der Waals surface area contributed by atoms with E-state index < -0.39 is 0 Å². The van der Waals surface area contributed by atoms with Crippen LogP contribution in [-0.2, 0) is 0 Å². The molecule has 0 bridgehead atoms. The zero-order valence-corrected chi connectivity index (χ0v) is 11.3. The van der Waals surface area contributed by atoms with Gasteiger partial charge in [0.1, 0.15) is 0 Å². The second-order valence-corrected chi connectivity index (χ2v) is 6.63. The molecule has 1 aliphatic heterocycles. The summed E-state index contributed by atoms with van der Waals surface area (Å²) in [5, 5.41) is 0. The molecule has 1 heterocycles. The molecular formula is C14H28N2. The van der Waals surface area contributed by atoms with Gasteiger partial charge >= 0.3 is 0 Å². The third kappa shape index (κ3) is 1.91. The Morgan fingerprint density at radius 2 is 1.75 bits per heavy atom. The maximum Gasteiger partial charge on any atom is 0.0326 e. The van der Waals surface area contributed by atoms with Crippen LogP contribution in [0.2, 0.25) is 0 Å². The number of rotatable bonds is 3. The third-order valence-corrected chi connectivity index (χ3v) is 5.35. The molecule has 0 aromatic heterocycles. The van der Waals surface area contributed by atoms with Crippen LogP contribution in [0, 0.1) is 11.3 Å². The molecule has 0 amide bonds. The summed E-state index contributed by atoms with van der Waals surface area (Å²) < 4.78 is 0. The summed E-state index contributed by atoms with van der Waals surface area (Å²) in [4.78, 5) is 2.64. The summed E-state index contributed by atoms with van der Waals surface area (Å²) in [6.07, 6.45) is 7.29. The van der Waals surface area contributed by atoms with Crippen LogP contribution in [0.25, 0.3) is 0 Å². The van der Waals surface area contributed by atoms with Crippen molar-refractivity contribution in [2.24, 2.45) is 17.1 Å². The molecule has 0 radical (unpaired) electrons. The highest BCUT2D eigenvalue weighted by Crippen LogP contribution is 2.47. The minimum absolute atomic E-state index is 0.225. The molecule has 1 unspecified atom stereocenters. The third-order valence-electron chi connectivity index (χ3n) is 5.35. The average Bonchev–Trinajstić information content (AvgIpc) is 2.25. The monoisotopic (exact) mass is 224 g/mol. The van der Waals surface area contributed by atoms with Crippen LogP contribution >= 0.6 is 0 Å². The number of hydrogen-bond donors (Lipinski definition) is 1. The van der Waals surface area contributed by atoms with Gasteiger partial charge in [0.15, 0.2) is 0 Å². The van der Waals surface area contributed by atoms with Gasteiger partial charge in [-0.1, -0.05) is 33.1 Å². The van der Waals surface area contributed by atoms with E-state index in [0.29, 0.717) is 11.3 Å². The molecule has 1 spiro atoms. The van der Waals surface area contributed by atoms with Crippen molar-refractivity contribution in [3.8, 4) is 0 Å². The van der Waals surface area contributed by atoms with E-state index in [1.807, 2.05) is 0 Å². The fourth-order valence-electron chi connectivity index (χ4n) is 3.47. The summed E-state index contributed by atoms with van der Waals surface area (Å²) in [6.45, 7) is 10.4. The van der Waals surface area contributed by atoms with Crippen LogP contribution in [0.15, 0.2) is 0 Å². The lowest BCUT2D eigenvalue weighted by Gasteiger charge is -2.60. The summed E-state index contributed by atoms with van der Waals surface area (Å²) in [7, 11) is 0. The minimum atomic E-state index is 0.225. The van der Waals surface area contributed by atoms with Crippen LogP contribution in [0.3, 0.4) is 0 Å². The Morgan fingerprint density at radius 1 is 1.19 bits per heavy atom. The first-order chi connectivity index (χ1) is 7.52. The molecule has 2 rings (SSSR count). The molecular weight excluding hydrogens is 196 g/mol. The Kier molecular flexibility index (Phi) is 3.33. The summed E-state index contributed by atoms with van der Waals surface area (Å²) in [5.74, 6) is 0.651. The standard InChI is InChI=1S/C14H28N2/c1-12(2)13(3,9-15)16-10-14(11-16)7-5-4-6-8-14/h12H,4-11,15H2,1-3H3. The molecule has 2 nitrogen and oxygen atoms in total. The highest BCUT2D eigenvalue weighted by atomic mass is 15.3. The van der Waals surface area contributed by atoms with Crippen LogP contribution < -0.4 is 5.73 Å². The number of hydrogen-bond acceptors (Lipinski definition) is 2.